The Morgan fingerprint density at radius 2 is 2.08 bits per heavy atom. The lowest BCUT2D eigenvalue weighted by molar-refractivity contribution is -0.119. The Bertz CT molecular complexity index is 204. The zero-order chi connectivity index (χ0) is 9.14. The van der Waals surface area contributed by atoms with E-state index >= 15 is 0 Å². The fourth-order valence-corrected chi connectivity index (χ4v) is 1.60. The molecule has 1 rings (SSSR count). The van der Waals surface area contributed by atoms with Gasteiger partial charge in [-0.3, -0.25) is 4.79 Å². The van der Waals surface area contributed by atoms with Gasteiger partial charge in [0.1, 0.15) is 0 Å². The second-order valence-corrected chi connectivity index (χ2v) is 3.26. The van der Waals surface area contributed by atoms with E-state index in [1.165, 1.54) is 0 Å². The fourth-order valence-electron chi connectivity index (χ4n) is 1.60. The van der Waals surface area contributed by atoms with Gasteiger partial charge < -0.3 is 4.90 Å². The van der Waals surface area contributed by atoms with E-state index in [0.717, 1.165) is 25.2 Å². The minimum Gasteiger partial charge on any atom is -0.369 e. The van der Waals surface area contributed by atoms with Gasteiger partial charge in [-0.15, -0.1) is 0 Å². The molecular weight excluding hydrogens is 150 g/mol. The van der Waals surface area contributed by atoms with Gasteiger partial charge in [0.15, 0.2) is 5.78 Å². The van der Waals surface area contributed by atoms with Gasteiger partial charge in [0.2, 0.25) is 0 Å². The van der Waals surface area contributed by atoms with Crippen molar-refractivity contribution in [1.82, 2.24) is 4.90 Å². The molecule has 0 spiro atoms. The lowest BCUT2D eigenvalue weighted by atomic mass is 10.1. The van der Waals surface area contributed by atoms with Crippen LogP contribution >= 0.6 is 0 Å². The van der Waals surface area contributed by atoms with Crippen molar-refractivity contribution < 1.29 is 4.79 Å². The summed E-state index contributed by atoms with van der Waals surface area (Å²) in [6, 6.07) is 0. The van der Waals surface area contributed by atoms with Crippen LogP contribution in [0.25, 0.3) is 0 Å². The molecule has 12 heavy (non-hydrogen) atoms. The number of hydrogen-bond donors (Lipinski definition) is 0. The van der Waals surface area contributed by atoms with Crippen molar-refractivity contribution in [1.29, 1.82) is 0 Å². The lowest BCUT2D eigenvalue weighted by Gasteiger charge is -2.21. The van der Waals surface area contributed by atoms with Crippen LogP contribution in [0.15, 0.2) is 11.8 Å². The zero-order valence-corrected chi connectivity index (χ0v) is 8.13. The summed E-state index contributed by atoms with van der Waals surface area (Å²) in [5.74, 6) is 0.527. The highest BCUT2D eigenvalue weighted by molar-refractivity contribution is 5.98. The van der Waals surface area contributed by atoms with E-state index in [1.54, 1.807) is 0 Å². The molecule has 1 atom stereocenters. The number of carbonyl (C=O) groups is 1. The normalized spacial score (nSPS) is 22.8. The Morgan fingerprint density at radius 1 is 1.50 bits per heavy atom. The molecule has 0 aromatic heterocycles. The third-order valence-electron chi connectivity index (χ3n) is 2.47. The van der Waals surface area contributed by atoms with E-state index in [0.29, 0.717) is 5.78 Å². The average Bonchev–Trinajstić information content (AvgIpc) is 2.38. The van der Waals surface area contributed by atoms with Crippen molar-refractivity contribution >= 4 is 5.78 Å². The minimum absolute atomic E-state index is 0.209. The van der Waals surface area contributed by atoms with Crippen molar-refractivity contribution in [3.8, 4) is 0 Å². The first-order valence-electron chi connectivity index (χ1n) is 4.70. The number of rotatable bonds is 3. The largest absolute Gasteiger partial charge is 0.369 e. The van der Waals surface area contributed by atoms with E-state index in [1.807, 2.05) is 6.92 Å². The van der Waals surface area contributed by atoms with Crippen LogP contribution in [0, 0.1) is 5.92 Å². The number of ketones is 1. The van der Waals surface area contributed by atoms with E-state index < -0.39 is 0 Å². The van der Waals surface area contributed by atoms with Crippen LogP contribution in [0.1, 0.15) is 27.2 Å². The number of carbonyl (C=O) groups excluding carboxylic acids is 1. The Hall–Kier alpha value is -0.790. The molecule has 0 radical (unpaired) electrons. The molecule has 0 amide bonds. The maximum Gasteiger partial charge on any atom is 0.181 e. The van der Waals surface area contributed by atoms with Gasteiger partial charge in [0, 0.05) is 19.0 Å². The molecule has 0 heterocycles. The van der Waals surface area contributed by atoms with E-state index in [-0.39, 0.29) is 5.92 Å². The molecule has 1 aliphatic carbocycles. The monoisotopic (exact) mass is 167 g/mol. The van der Waals surface area contributed by atoms with Crippen LogP contribution in [0.2, 0.25) is 0 Å². The Labute approximate surface area is 74.2 Å². The standard InChI is InChI=1S/C10H17NO/c1-4-11(5-2)9-7-6-8(3)10(9)12/h7-8H,4-6H2,1-3H3. The van der Waals surface area contributed by atoms with Crippen LogP contribution in [0.5, 0.6) is 0 Å². The molecule has 68 valence electrons. The second-order valence-electron chi connectivity index (χ2n) is 3.26. The smallest absolute Gasteiger partial charge is 0.181 e. The highest BCUT2D eigenvalue weighted by atomic mass is 16.1. The molecule has 0 aromatic carbocycles. The van der Waals surface area contributed by atoms with Crippen LogP contribution < -0.4 is 0 Å². The van der Waals surface area contributed by atoms with Crippen molar-refractivity contribution in [3.05, 3.63) is 11.8 Å². The number of Topliss-reactive ketones (excluding diaryl/α,β-unsaturated/α-hetero) is 1. The van der Waals surface area contributed by atoms with Gasteiger partial charge in [-0.05, 0) is 20.3 Å². The molecule has 0 fully saturated rings. The summed E-state index contributed by atoms with van der Waals surface area (Å²) >= 11 is 0. The van der Waals surface area contributed by atoms with E-state index in [2.05, 4.69) is 24.8 Å². The van der Waals surface area contributed by atoms with Crippen molar-refractivity contribution in [2.45, 2.75) is 27.2 Å². The maximum absolute atomic E-state index is 11.6. The molecule has 0 aliphatic heterocycles. The molecule has 1 aliphatic rings. The number of hydrogen-bond acceptors (Lipinski definition) is 2. The number of allylic oxidation sites excluding steroid dienone is 2. The first kappa shape index (κ1) is 9.30. The number of likely N-dealkylation sites (N-methyl/N-ethyl adjacent to an activating group) is 1. The molecule has 1 unspecified atom stereocenters. The van der Waals surface area contributed by atoms with Crippen molar-refractivity contribution in [2.75, 3.05) is 13.1 Å². The SMILES string of the molecule is CCN(CC)C1=CCC(C)C1=O. The third-order valence-corrected chi connectivity index (χ3v) is 2.47. The minimum atomic E-state index is 0.209. The van der Waals surface area contributed by atoms with Gasteiger partial charge in [-0.2, -0.15) is 0 Å². The second kappa shape index (κ2) is 3.74. The lowest BCUT2D eigenvalue weighted by Crippen LogP contribution is -2.26. The van der Waals surface area contributed by atoms with Gasteiger partial charge >= 0.3 is 0 Å². The summed E-state index contributed by atoms with van der Waals surface area (Å²) in [6.45, 7) is 8.03. The molecular formula is C10H17NO. The summed E-state index contributed by atoms with van der Waals surface area (Å²) in [6.07, 6.45) is 2.99. The van der Waals surface area contributed by atoms with Crippen LogP contribution in [-0.4, -0.2) is 23.8 Å². The molecule has 0 bridgehead atoms. The summed E-state index contributed by atoms with van der Waals surface area (Å²) in [5, 5.41) is 0. The van der Waals surface area contributed by atoms with Gasteiger partial charge in [-0.1, -0.05) is 13.0 Å². The summed E-state index contributed by atoms with van der Waals surface area (Å²) in [7, 11) is 0. The third kappa shape index (κ3) is 1.52. The zero-order valence-electron chi connectivity index (χ0n) is 8.13. The molecule has 2 nitrogen and oxygen atoms in total. The Morgan fingerprint density at radius 3 is 2.42 bits per heavy atom. The Kier molecular flexibility index (Phi) is 2.90. The highest BCUT2D eigenvalue weighted by Crippen LogP contribution is 2.22. The van der Waals surface area contributed by atoms with Gasteiger partial charge in [0.25, 0.3) is 0 Å². The molecule has 0 N–H and O–H groups in total. The topological polar surface area (TPSA) is 20.3 Å². The summed E-state index contributed by atoms with van der Waals surface area (Å²) in [5.41, 5.74) is 0.938. The molecule has 2 heteroatoms. The van der Waals surface area contributed by atoms with Gasteiger partial charge in [0.05, 0.1) is 5.70 Å². The predicted octanol–water partition coefficient (Wildman–Crippen LogP) is 1.82. The summed E-state index contributed by atoms with van der Waals surface area (Å²) in [4.78, 5) is 13.7. The molecule has 0 aromatic rings. The Balaban J connectivity index is 2.69. The first-order valence-corrected chi connectivity index (χ1v) is 4.70. The molecule has 0 saturated carbocycles. The van der Waals surface area contributed by atoms with Crippen LogP contribution in [0.4, 0.5) is 0 Å². The fraction of sp³-hybridized carbons (Fsp3) is 0.700. The van der Waals surface area contributed by atoms with Gasteiger partial charge in [-0.25, -0.2) is 0 Å². The van der Waals surface area contributed by atoms with E-state index in [4.69, 9.17) is 0 Å². The van der Waals surface area contributed by atoms with Crippen LogP contribution in [-0.2, 0) is 4.79 Å². The average molecular weight is 167 g/mol. The highest BCUT2D eigenvalue weighted by Gasteiger charge is 2.25. The first-order chi connectivity index (χ1) is 5.70. The predicted molar refractivity (Wildman–Crippen MR) is 49.8 cm³/mol. The quantitative estimate of drug-likeness (QED) is 0.639. The van der Waals surface area contributed by atoms with Crippen molar-refractivity contribution in [3.63, 3.8) is 0 Å². The maximum atomic E-state index is 11.6. The number of nitrogens with zero attached hydrogens (tertiary/aromatic N) is 1. The molecule has 0 saturated heterocycles. The van der Waals surface area contributed by atoms with E-state index in [9.17, 15) is 4.79 Å². The van der Waals surface area contributed by atoms with Crippen molar-refractivity contribution in [2.24, 2.45) is 5.92 Å². The summed E-state index contributed by atoms with van der Waals surface area (Å²) < 4.78 is 0. The van der Waals surface area contributed by atoms with Crippen LogP contribution in [0.3, 0.4) is 0 Å².